The number of aryl methyl sites for hydroxylation is 2. The molecular weight excluding hydrogens is 346 g/mol. The van der Waals surface area contributed by atoms with Gasteiger partial charge in [0, 0.05) is 17.8 Å². The molecule has 1 aliphatic heterocycles. The predicted molar refractivity (Wildman–Crippen MR) is 104 cm³/mol. The highest BCUT2D eigenvalue weighted by atomic mass is 32.1. The minimum atomic E-state index is -0.0722. The van der Waals surface area contributed by atoms with Crippen LogP contribution in [0.5, 0.6) is 5.75 Å². The number of carbonyl (C=O) groups excluding carboxylic acids is 1. The molecule has 2 aromatic rings. The maximum Gasteiger partial charge on any atom is 0.225 e. The number of nitrogens with one attached hydrogen (secondary N) is 2. The van der Waals surface area contributed by atoms with Crippen molar-refractivity contribution < 1.29 is 9.53 Å². The van der Waals surface area contributed by atoms with Crippen molar-refractivity contribution in [2.45, 2.75) is 39.7 Å². The van der Waals surface area contributed by atoms with Crippen LogP contribution in [-0.2, 0) is 24.2 Å². The lowest BCUT2D eigenvalue weighted by atomic mass is 10.0. The topological polar surface area (TPSA) is 74.1 Å². The van der Waals surface area contributed by atoms with Crippen LogP contribution in [0.15, 0.2) is 18.2 Å². The van der Waals surface area contributed by atoms with E-state index in [2.05, 4.69) is 22.8 Å². The Morgan fingerprint density at radius 2 is 2.31 bits per heavy atom. The van der Waals surface area contributed by atoms with Crippen LogP contribution in [0.4, 0.5) is 5.00 Å². The van der Waals surface area contributed by atoms with E-state index >= 15 is 0 Å². The quantitative estimate of drug-likeness (QED) is 0.817. The lowest BCUT2D eigenvalue weighted by Gasteiger charge is -2.11. The molecule has 2 heterocycles. The number of thiophene rings is 1. The van der Waals surface area contributed by atoms with Gasteiger partial charge in [0.2, 0.25) is 5.91 Å². The van der Waals surface area contributed by atoms with Crippen LogP contribution in [0.3, 0.4) is 0 Å². The van der Waals surface area contributed by atoms with Crippen molar-refractivity contribution in [3.8, 4) is 11.8 Å². The highest BCUT2D eigenvalue weighted by Crippen LogP contribution is 2.35. The fourth-order valence-electron chi connectivity index (χ4n) is 3.18. The van der Waals surface area contributed by atoms with Crippen LogP contribution in [0, 0.1) is 18.3 Å². The van der Waals surface area contributed by atoms with E-state index in [4.69, 9.17) is 4.74 Å². The standard InChI is InChI=1S/C20H23N3O2S/c1-3-25-17-6-4-13(2)10-14(17)5-7-19(24)23-20-16(11-21)15-8-9-22-12-18(15)26-20/h4,6,10,22H,3,5,7-9,12H2,1-2H3,(H,23,24). The van der Waals surface area contributed by atoms with Gasteiger partial charge in [0.05, 0.1) is 12.2 Å². The van der Waals surface area contributed by atoms with E-state index in [9.17, 15) is 10.1 Å². The molecule has 0 saturated carbocycles. The average Bonchev–Trinajstić information content (AvgIpc) is 2.98. The van der Waals surface area contributed by atoms with Gasteiger partial charge in [-0.25, -0.2) is 0 Å². The van der Waals surface area contributed by atoms with Gasteiger partial charge >= 0.3 is 0 Å². The van der Waals surface area contributed by atoms with Crippen LogP contribution in [0.1, 0.15) is 40.5 Å². The van der Waals surface area contributed by atoms with Gasteiger partial charge in [0.25, 0.3) is 0 Å². The third-order valence-electron chi connectivity index (χ3n) is 4.43. The number of amides is 1. The molecule has 1 amide bonds. The van der Waals surface area contributed by atoms with Gasteiger partial charge < -0.3 is 15.4 Å². The Morgan fingerprint density at radius 3 is 3.08 bits per heavy atom. The summed E-state index contributed by atoms with van der Waals surface area (Å²) in [7, 11) is 0. The molecule has 0 unspecified atom stereocenters. The van der Waals surface area contributed by atoms with Gasteiger partial charge in [0.1, 0.15) is 16.8 Å². The van der Waals surface area contributed by atoms with E-state index in [1.807, 2.05) is 26.0 Å². The molecule has 0 bridgehead atoms. The Bertz CT molecular complexity index is 851. The molecule has 0 spiro atoms. The van der Waals surface area contributed by atoms with Crippen molar-refractivity contribution in [1.82, 2.24) is 5.32 Å². The summed E-state index contributed by atoms with van der Waals surface area (Å²) in [5.41, 5.74) is 3.90. The summed E-state index contributed by atoms with van der Waals surface area (Å²) in [6.07, 6.45) is 1.80. The van der Waals surface area contributed by atoms with Crippen molar-refractivity contribution in [1.29, 1.82) is 5.26 Å². The first-order chi connectivity index (χ1) is 12.6. The molecule has 1 aromatic carbocycles. The van der Waals surface area contributed by atoms with Crippen LogP contribution in [0.2, 0.25) is 0 Å². The zero-order chi connectivity index (χ0) is 18.5. The molecule has 5 nitrogen and oxygen atoms in total. The SMILES string of the molecule is CCOc1ccc(C)cc1CCC(=O)Nc1sc2c(c1C#N)CCNC2. The summed E-state index contributed by atoms with van der Waals surface area (Å²) in [5, 5.41) is 16.4. The van der Waals surface area contributed by atoms with Gasteiger partial charge in [-0.2, -0.15) is 5.26 Å². The number of rotatable bonds is 6. The molecule has 0 fully saturated rings. The summed E-state index contributed by atoms with van der Waals surface area (Å²) in [6, 6.07) is 8.30. The minimum Gasteiger partial charge on any atom is -0.494 e. The smallest absolute Gasteiger partial charge is 0.225 e. The van der Waals surface area contributed by atoms with E-state index in [0.29, 0.717) is 30.0 Å². The van der Waals surface area contributed by atoms with Gasteiger partial charge in [-0.1, -0.05) is 17.7 Å². The molecule has 26 heavy (non-hydrogen) atoms. The highest BCUT2D eigenvalue weighted by Gasteiger charge is 2.21. The molecule has 1 aliphatic rings. The Hall–Kier alpha value is -2.36. The first-order valence-electron chi connectivity index (χ1n) is 8.90. The van der Waals surface area contributed by atoms with Crippen LogP contribution >= 0.6 is 11.3 Å². The summed E-state index contributed by atoms with van der Waals surface area (Å²) in [5.74, 6) is 0.762. The van der Waals surface area contributed by atoms with E-state index in [0.717, 1.165) is 46.8 Å². The summed E-state index contributed by atoms with van der Waals surface area (Å²) < 4.78 is 5.65. The number of benzene rings is 1. The monoisotopic (exact) mass is 369 g/mol. The van der Waals surface area contributed by atoms with Crippen molar-refractivity contribution in [2.75, 3.05) is 18.5 Å². The second-order valence-corrected chi connectivity index (χ2v) is 7.44. The molecule has 0 saturated heterocycles. The third-order valence-corrected chi connectivity index (χ3v) is 5.58. The number of hydrogen-bond donors (Lipinski definition) is 2. The number of ether oxygens (including phenoxy) is 1. The Balaban J connectivity index is 1.68. The number of carbonyl (C=O) groups is 1. The zero-order valence-corrected chi connectivity index (χ0v) is 16.0. The average molecular weight is 369 g/mol. The number of nitriles is 1. The Morgan fingerprint density at radius 1 is 1.46 bits per heavy atom. The summed E-state index contributed by atoms with van der Waals surface area (Å²) in [6.45, 7) is 6.23. The maximum atomic E-state index is 12.5. The fraction of sp³-hybridized carbons (Fsp3) is 0.400. The van der Waals surface area contributed by atoms with Gasteiger partial charge in [-0.15, -0.1) is 11.3 Å². The van der Waals surface area contributed by atoms with E-state index < -0.39 is 0 Å². The van der Waals surface area contributed by atoms with Crippen LogP contribution in [0.25, 0.3) is 0 Å². The van der Waals surface area contributed by atoms with Crippen molar-refractivity contribution in [2.24, 2.45) is 0 Å². The van der Waals surface area contributed by atoms with E-state index in [1.165, 1.54) is 11.3 Å². The molecule has 0 radical (unpaired) electrons. The minimum absolute atomic E-state index is 0.0722. The molecule has 3 rings (SSSR count). The molecule has 0 aliphatic carbocycles. The largest absolute Gasteiger partial charge is 0.494 e. The molecule has 136 valence electrons. The fourth-order valence-corrected chi connectivity index (χ4v) is 4.36. The number of fused-ring (bicyclic) bond motifs is 1. The molecular formula is C20H23N3O2S. The zero-order valence-electron chi connectivity index (χ0n) is 15.1. The number of nitrogens with zero attached hydrogens (tertiary/aromatic N) is 1. The number of hydrogen-bond acceptors (Lipinski definition) is 5. The van der Waals surface area contributed by atoms with Gasteiger partial charge in [-0.05, 0) is 50.4 Å². The Kier molecular flexibility index (Phi) is 5.92. The second-order valence-electron chi connectivity index (χ2n) is 6.34. The predicted octanol–water partition coefficient (Wildman–Crippen LogP) is 3.54. The van der Waals surface area contributed by atoms with Crippen LogP contribution < -0.4 is 15.4 Å². The van der Waals surface area contributed by atoms with Gasteiger partial charge in [0.15, 0.2) is 0 Å². The van der Waals surface area contributed by atoms with Crippen molar-refractivity contribution in [3.05, 3.63) is 45.3 Å². The molecule has 6 heteroatoms. The highest BCUT2D eigenvalue weighted by molar-refractivity contribution is 7.16. The first kappa shape index (κ1) is 18.4. The lowest BCUT2D eigenvalue weighted by Crippen LogP contribution is -2.22. The molecule has 0 atom stereocenters. The van der Waals surface area contributed by atoms with E-state index in [-0.39, 0.29) is 5.91 Å². The molecule has 2 N–H and O–H groups in total. The Labute approximate surface area is 158 Å². The number of anilines is 1. The second kappa shape index (κ2) is 8.35. The van der Waals surface area contributed by atoms with Gasteiger partial charge in [-0.3, -0.25) is 4.79 Å². The first-order valence-corrected chi connectivity index (χ1v) is 9.71. The summed E-state index contributed by atoms with van der Waals surface area (Å²) in [4.78, 5) is 13.6. The van der Waals surface area contributed by atoms with E-state index in [1.54, 1.807) is 0 Å². The normalized spacial score (nSPS) is 13.0. The van der Waals surface area contributed by atoms with Crippen LogP contribution in [-0.4, -0.2) is 19.1 Å². The van der Waals surface area contributed by atoms with Crippen molar-refractivity contribution in [3.63, 3.8) is 0 Å². The van der Waals surface area contributed by atoms with Crippen molar-refractivity contribution >= 4 is 22.2 Å². The lowest BCUT2D eigenvalue weighted by molar-refractivity contribution is -0.116. The summed E-state index contributed by atoms with van der Waals surface area (Å²) >= 11 is 1.51. The maximum absolute atomic E-state index is 12.5. The third kappa shape index (κ3) is 4.06. The molecule has 1 aromatic heterocycles.